The largest absolute Gasteiger partial charge is 0.481 e. The number of rotatable bonds is 20. The van der Waals surface area contributed by atoms with Gasteiger partial charge in [-0.1, -0.05) is 134 Å². The van der Waals surface area contributed by atoms with Crippen LogP contribution in [0.4, 0.5) is 0 Å². The Morgan fingerprint density at radius 1 is 0.188 bits per heavy atom. The van der Waals surface area contributed by atoms with Gasteiger partial charge in [-0.05, 0) is 73.0 Å². The summed E-state index contributed by atoms with van der Waals surface area (Å²) in [6.07, 6.45) is 18.1. The molecule has 0 atom stereocenters. The van der Waals surface area contributed by atoms with E-state index < -0.39 is 23.9 Å². The normalized spacial score (nSPS) is 8.15. The minimum atomic E-state index is -0.675. The number of carbonyl (C=O) groups is 4. The van der Waals surface area contributed by atoms with Gasteiger partial charge in [0.1, 0.15) is 0 Å². The molecule has 0 saturated heterocycles. The van der Waals surface area contributed by atoms with E-state index in [2.05, 4.69) is 83.1 Å². The minimum absolute atomic E-state index is 0.324. The van der Waals surface area contributed by atoms with Crippen LogP contribution in [0.2, 0.25) is 0 Å². The summed E-state index contributed by atoms with van der Waals surface area (Å²) in [6.45, 7) is 26.5. The molecule has 512 valence electrons. The molecule has 40 heteroatoms. The molecule has 0 aliphatic heterocycles. The first-order chi connectivity index (χ1) is 37.7. The van der Waals surface area contributed by atoms with Crippen molar-refractivity contribution in [2.45, 2.75) is 212 Å². The first-order valence-electron chi connectivity index (χ1n) is 21.7. The molecule has 0 heterocycles. The van der Waals surface area contributed by atoms with E-state index >= 15 is 0 Å². The van der Waals surface area contributed by atoms with E-state index in [1.165, 1.54) is 25.7 Å². The molecule has 0 radical (unpaired) electrons. The van der Waals surface area contributed by atoms with Crippen LogP contribution in [0, 0.1) is 21.7 Å². The zero-order chi connectivity index (χ0) is 70.5. The Bertz CT molecular complexity index is 718. The third-order valence-corrected chi connectivity index (χ3v) is 7.27. The van der Waals surface area contributed by atoms with Crippen LogP contribution < -0.4 is 0 Å². The minimum Gasteiger partial charge on any atom is -0.481 e. The van der Waals surface area contributed by atoms with Gasteiger partial charge >= 0.3 is 23.9 Å². The topological polar surface area (TPSA) is 797 Å². The Kier molecular flexibility index (Phi) is 260. The van der Waals surface area contributed by atoms with E-state index in [1.807, 2.05) is 0 Å². The summed E-state index contributed by atoms with van der Waals surface area (Å²) in [7, 11) is 0. The van der Waals surface area contributed by atoms with Crippen LogP contribution in [-0.4, -0.2) is 213 Å². The van der Waals surface area contributed by atoms with Gasteiger partial charge in [-0.25, -0.2) is 0 Å². The third kappa shape index (κ3) is 380. The highest BCUT2D eigenvalue weighted by Crippen LogP contribution is 2.24. The maximum Gasteiger partial charge on any atom is 0.303 e. The first-order valence-corrected chi connectivity index (χ1v) is 21.7. The molecule has 0 aliphatic rings. The van der Waals surface area contributed by atoms with Gasteiger partial charge in [0.15, 0.2) is 0 Å². The van der Waals surface area contributed by atoms with Crippen molar-refractivity contribution < 1.29 is 208 Å². The molecule has 0 rings (SSSR count). The maximum absolute atomic E-state index is 10.2. The van der Waals surface area contributed by atoms with Crippen molar-refractivity contribution in [1.29, 1.82) is 0 Å². The molecule has 0 unspecified atom stereocenters. The Balaban J connectivity index is -0.0000000284. The molecule has 0 aromatic rings. The molecule has 0 aliphatic carbocycles. The summed E-state index contributed by atoms with van der Waals surface area (Å²) in [5, 5.41) is 225. The molecule has 0 spiro atoms. The summed E-state index contributed by atoms with van der Waals surface area (Å²) in [6, 6.07) is 0. The van der Waals surface area contributed by atoms with E-state index in [4.69, 9.17) is 189 Å². The number of unbranched alkanes of at least 4 members (excludes halogenated alkanes) is 8. The highest BCUT2D eigenvalue weighted by Gasteiger charge is 2.11. The monoisotopic (exact) mass is 1230 g/mol. The van der Waals surface area contributed by atoms with Gasteiger partial charge in [0.2, 0.25) is 0 Å². The standard InChI is InChI=1S/4C10H20O2.16H2O2/c4*1-10(2,3)8-6-4-5-7-9(11)12;16*1-2/h4*4-8H2,1-3H3,(H,11,12);16*1-2H. The van der Waals surface area contributed by atoms with Crippen molar-refractivity contribution in [1.82, 2.24) is 0 Å². The molecule has 0 fully saturated rings. The number of hydrogen-bond donors (Lipinski definition) is 36. The lowest BCUT2D eigenvalue weighted by atomic mass is 9.89. The van der Waals surface area contributed by atoms with Crippen molar-refractivity contribution in [2.75, 3.05) is 0 Å². The second kappa shape index (κ2) is 152. The van der Waals surface area contributed by atoms with Crippen molar-refractivity contribution in [3.63, 3.8) is 0 Å². The molecule has 0 bridgehead atoms. The van der Waals surface area contributed by atoms with Gasteiger partial charge in [-0.15, -0.1) is 0 Å². The Labute approximate surface area is 464 Å². The average molecular weight is 1230 g/mol. The predicted octanol–water partition coefficient (Wildman–Crippen LogP) is 12.5. The van der Waals surface area contributed by atoms with Gasteiger partial charge in [0, 0.05) is 25.7 Å². The average Bonchev–Trinajstić information content (AvgIpc) is 3.46. The van der Waals surface area contributed by atoms with E-state index in [0.29, 0.717) is 47.3 Å². The quantitative estimate of drug-likeness (QED) is 0.0306. The molecule has 36 N–H and O–H groups in total. The van der Waals surface area contributed by atoms with Crippen LogP contribution in [0.15, 0.2) is 0 Å². The lowest BCUT2D eigenvalue weighted by Crippen LogP contribution is -2.04. The van der Waals surface area contributed by atoms with Crippen LogP contribution in [0.25, 0.3) is 0 Å². The van der Waals surface area contributed by atoms with Crippen LogP contribution in [-0.2, 0) is 19.2 Å². The van der Waals surface area contributed by atoms with E-state index in [9.17, 15) is 19.2 Å². The number of aliphatic carboxylic acids is 4. The Morgan fingerprint density at radius 2 is 0.275 bits per heavy atom. The fourth-order valence-electron chi connectivity index (χ4n) is 4.43. The summed E-state index contributed by atoms with van der Waals surface area (Å²) in [4.78, 5) is 40.6. The summed E-state index contributed by atoms with van der Waals surface area (Å²) in [5.74, 6) is -2.70. The van der Waals surface area contributed by atoms with Crippen LogP contribution >= 0.6 is 0 Å². The molecule has 0 saturated carbocycles. The first kappa shape index (κ1) is 137. The van der Waals surface area contributed by atoms with Gasteiger partial charge in [-0.2, -0.15) is 0 Å². The van der Waals surface area contributed by atoms with E-state index in [1.54, 1.807) is 0 Å². The fourth-order valence-corrected chi connectivity index (χ4v) is 4.43. The molecule has 0 aromatic carbocycles. The van der Waals surface area contributed by atoms with Crippen LogP contribution in [0.5, 0.6) is 0 Å². The molecular weight excluding hydrogens is 1120 g/mol. The lowest BCUT2D eigenvalue weighted by Gasteiger charge is -2.17. The summed E-state index contributed by atoms with van der Waals surface area (Å²) in [5.41, 5.74) is 1.57. The van der Waals surface area contributed by atoms with Crippen molar-refractivity contribution in [3.8, 4) is 0 Å². The second-order valence-corrected chi connectivity index (χ2v) is 18.1. The van der Waals surface area contributed by atoms with Gasteiger partial charge in [0.25, 0.3) is 0 Å². The van der Waals surface area contributed by atoms with Gasteiger partial charge < -0.3 is 20.4 Å². The predicted molar refractivity (Wildman–Crippen MR) is 285 cm³/mol. The van der Waals surface area contributed by atoms with E-state index in [0.717, 1.165) is 77.0 Å². The van der Waals surface area contributed by atoms with E-state index in [-0.39, 0.29) is 0 Å². The highest BCUT2D eigenvalue weighted by molar-refractivity contribution is 5.67. The van der Waals surface area contributed by atoms with Gasteiger partial charge in [0.05, 0.1) is 0 Å². The Morgan fingerprint density at radius 3 is 0.338 bits per heavy atom. The molecule has 0 aromatic heterocycles. The summed E-state index contributed by atoms with van der Waals surface area (Å²) >= 11 is 0. The van der Waals surface area contributed by atoms with Crippen molar-refractivity contribution in [2.24, 2.45) is 21.7 Å². The SMILES string of the molecule is CC(C)(C)CCCCCC(=O)O.CC(C)(C)CCCCCC(=O)O.CC(C)(C)CCCCCC(=O)O.CC(C)(C)CCCCCC(=O)O.OO.OO.OO.OO.OO.OO.OO.OO.OO.OO.OO.OO.OO.OO.OO.OO. The van der Waals surface area contributed by atoms with Gasteiger partial charge in [-0.3, -0.25) is 187 Å². The maximum atomic E-state index is 10.2. The summed E-state index contributed by atoms with van der Waals surface area (Å²) < 4.78 is 0. The molecule has 40 nitrogen and oxygen atoms in total. The number of carboxylic acids is 4. The number of hydrogen-bond acceptors (Lipinski definition) is 36. The van der Waals surface area contributed by atoms with Crippen molar-refractivity contribution in [3.05, 3.63) is 0 Å². The lowest BCUT2D eigenvalue weighted by molar-refractivity contribution is -0.176. The highest BCUT2D eigenvalue weighted by atomic mass is 17.0. The van der Waals surface area contributed by atoms with Crippen LogP contribution in [0.3, 0.4) is 0 Å². The Hall–Kier alpha value is -3.40. The van der Waals surface area contributed by atoms with Crippen molar-refractivity contribution >= 4 is 23.9 Å². The fraction of sp³-hybridized carbons (Fsp3) is 0.900. The second-order valence-electron chi connectivity index (χ2n) is 18.1. The van der Waals surface area contributed by atoms with Crippen LogP contribution in [0.1, 0.15) is 212 Å². The zero-order valence-corrected chi connectivity index (χ0v) is 47.9. The molecular formula is C40H112O40. The zero-order valence-electron chi connectivity index (χ0n) is 47.9. The third-order valence-electron chi connectivity index (χ3n) is 7.27. The molecule has 80 heavy (non-hydrogen) atoms. The smallest absolute Gasteiger partial charge is 0.303 e. The number of carboxylic acid groups (broad SMARTS) is 4. The molecule has 0 amide bonds.